The third kappa shape index (κ3) is 3.25. The highest BCUT2D eigenvalue weighted by Crippen LogP contribution is 2.52. The van der Waals surface area contributed by atoms with Crippen molar-refractivity contribution in [1.82, 2.24) is 14.5 Å². The highest BCUT2D eigenvalue weighted by molar-refractivity contribution is 7.63. The number of rotatable bonds is 3. The van der Waals surface area contributed by atoms with E-state index in [9.17, 15) is 9.36 Å². The molecule has 4 aliphatic rings. The fourth-order valence-electron chi connectivity index (χ4n) is 6.83. The van der Waals surface area contributed by atoms with E-state index in [1.165, 1.54) is 35.2 Å². The lowest BCUT2D eigenvalue weighted by Crippen LogP contribution is -2.35. The normalized spacial score (nSPS) is 24.6. The van der Waals surface area contributed by atoms with Gasteiger partial charge in [-0.1, -0.05) is 12.1 Å². The first kappa shape index (κ1) is 21.7. The van der Waals surface area contributed by atoms with Gasteiger partial charge in [0.15, 0.2) is 0 Å². The van der Waals surface area contributed by atoms with Crippen LogP contribution in [0, 0.1) is 0 Å². The van der Waals surface area contributed by atoms with E-state index >= 15 is 0 Å². The summed E-state index contributed by atoms with van der Waals surface area (Å²) >= 11 is 0. The summed E-state index contributed by atoms with van der Waals surface area (Å²) in [7, 11) is -0.101. The zero-order valence-corrected chi connectivity index (χ0v) is 21.7. The van der Waals surface area contributed by atoms with E-state index in [2.05, 4.69) is 39.8 Å². The molecule has 6 nitrogen and oxygen atoms in total. The summed E-state index contributed by atoms with van der Waals surface area (Å²) in [5, 5.41) is 0. The SMILES string of the molecule is CN1C(=O)c2cccc(C3CC3)c2[C@H]2C[C@@H]1c1nc3ccc(N4CCC(P(C)(C)=O)CC4)cc3n12. The molecular formula is C28H33N4O2P. The maximum Gasteiger partial charge on any atom is 0.254 e. The number of aromatic nitrogens is 2. The van der Waals surface area contributed by atoms with Crippen LogP contribution in [0.15, 0.2) is 36.4 Å². The first-order valence-corrected chi connectivity index (χ1v) is 15.7. The Hall–Kier alpha value is -2.59. The van der Waals surface area contributed by atoms with Gasteiger partial charge in [0.25, 0.3) is 5.91 Å². The van der Waals surface area contributed by atoms with Gasteiger partial charge in [-0.2, -0.15) is 0 Å². The third-order valence-electron chi connectivity index (χ3n) is 8.97. The van der Waals surface area contributed by atoms with Crippen molar-refractivity contribution in [2.24, 2.45) is 0 Å². The van der Waals surface area contributed by atoms with E-state index in [0.29, 0.717) is 11.6 Å². The lowest BCUT2D eigenvalue weighted by molar-refractivity contribution is 0.0734. The maximum absolute atomic E-state index is 13.5. The van der Waals surface area contributed by atoms with Gasteiger partial charge in [-0.05, 0) is 80.3 Å². The van der Waals surface area contributed by atoms with E-state index < -0.39 is 7.14 Å². The minimum atomic E-state index is -2.04. The number of anilines is 1. The Labute approximate surface area is 206 Å². The monoisotopic (exact) mass is 488 g/mol. The zero-order valence-electron chi connectivity index (χ0n) is 20.8. The Morgan fingerprint density at radius 2 is 1.77 bits per heavy atom. The van der Waals surface area contributed by atoms with Crippen LogP contribution in [0.25, 0.3) is 11.0 Å². The molecule has 7 heteroatoms. The number of hydrogen-bond acceptors (Lipinski definition) is 4. The Morgan fingerprint density at radius 1 is 1.00 bits per heavy atom. The minimum absolute atomic E-state index is 0.00167. The molecule has 2 fully saturated rings. The van der Waals surface area contributed by atoms with Crippen LogP contribution >= 0.6 is 7.14 Å². The second kappa shape index (κ2) is 7.46. The summed E-state index contributed by atoms with van der Waals surface area (Å²) in [6.07, 6.45) is 5.31. The number of imidazole rings is 1. The van der Waals surface area contributed by atoms with Gasteiger partial charge < -0.3 is 18.9 Å². The first-order valence-electron chi connectivity index (χ1n) is 13.0. The van der Waals surface area contributed by atoms with Gasteiger partial charge in [-0.25, -0.2) is 4.98 Å². The Morgan fingerprint density at radius 3 is 2.49 bits per heavy atom. The second-order valence-electron chi connectivity index (χ2n) is 11.4. The molecule has 1 saturated carbocycles. The molecule has 2 aromatic carbocycles. The van der Waals surface area contributed by atoms with Gasteiger partial charge in [0.2, 0.25) is 0 Å². The Balaban J connectivity index is 1.33. The van der Waals surface area contributed by atoms with Crippen LogP contribution in [0.3, 0.4) is 0 Å². The van der Waals surface area contributed by atoms with Gasteiger partial charge in [0.05, 0.1) is 30.3 Å². The van der Waals surface area contributed by atoms with Crippen molar-refractivity contribution in [3.05, 3.63) is 58.9 Å². The van der Waals surface area contributed by atoms with Gasteiger partial charge >= 0.3 is 0 Å². The molecular weight excluding hydrogens is 455 g/mol. The standard InChI is InChI=1S/C28H33N4O2P/c1-30-25-16-24(26-20(17-7-8-17)5-4-6-21(26)28(30)33)32-23-15-18(9-10-22(23)29-27(25)32)31-13-11-19(12-14-31)35(2,3)34/h4-6,9-10,15,17,19,24-25H,7-8,11-14,16H2,1-3H3/t24-,25-/m1/s1. The molecule has 0 unspecified atom stereocenters. The minimum Gasteiger partial charge on any atom is -0.371 e. The van der Waals surface area contributed by atoms with Crippen molar-refractivity contribution in [2.75, 3.05) is 38.4 Å². The molecule has 2 bridgehead atoms. The van der Waals surface area contributed by atoms with Gasteiger partial charge in [0.1, 0.15) is 5.82 Å². The molecule has 3 aromatic rings. The summed E-state index contributed by atoms with van der Waals surface area (Å²) in [5.74, 6) is 1.73. The van der Waals surface area contributed by atoms with E-state index in [4.69, 9.17) is 4.98 Å². The molecule has 1 saturated heterocycles. The molecule has 1 aliphatic carbocycles. The van der Waals surface area contributed by atoms with Gasteiger partial charge in [-0.15, -0.1) is 0 Å². The van der Waals surface area contributed by atoms with Crippen LogP contribution in [-0.2, 0) is 4.57 Å². The van der Waals surface area contributed by atoms with E-state index in [-0.39, 0.29) is 18.0 Å². The highest BCUT2D eigenvalue weighted by atomic mass is 31.2. The van der Waals surface area contributed by atoms with Crippen LogP contribution in [0.2, 0.25) is 0 Å². The van der Waals surface area contributed by atoms with Gasteiger partial charge in [0, 0.05) is 43.5 Å². The molecule has 0 radical (unpaired) electrons. The van der Waals surface area contributed by atoms with Crippen molar-refractivity contribution in [3.8, 4) is 0 Å². The lowest BCUT2D eigenvalue weighted by Gasteiger charge is -2.35. The predicted molar refractivity (Wildman–Crippen MR) is 140 cm³/mol. The summed E-state index contributed by atoms with van der Waals surface area (Å²) in [6.45, 7) is 5.76. The molecule has 35 heavy (non-hydrogen) atoms. The summed E-state index contributed by atoms with van der Waals surface area (Å²) < 4.78 is 15.0. The third-order valence-corrected chi connectivity index (χ3v) is 11.2. The van der Waals surface area contributed by atoms with E-state index in [1.54, 1.807) is 0 Å². The number of fused-ring (bicyclic) bond motifs is 9. The van der Waals surface area contributed by atoms with Crippen LogP contribution in [0.1, 0.15) is 77.4 Å². The first-order chi connectivity index (χ1) is 16.8. The van der Waals surface area contributed by atoms with Crippen LogP contribution < -0.4 is 4.90 Å². The zero-order chi connectivity index (χ0) is 24.1. The molecule has 2 atom stereocenters. The smallest absolute Gasteiger partial charge is 0.254 e. The number of amides is 1. The van der Waals surface area contributed by atoms with Crippen LogP contribution in [0.4, 0.5) is 5.69 Å². The number of piperidine rings is 1. The van der Waals surface area contributed by atoms with Gasteiger partial charge in [-0.3, -0.25) is 4.79 Å². The van der Waals surface area contributed by atoms with Crippen molar-refractivity contribution in [1.29, 1.82) is 0 Å². The topological polar surface area (TPSA) is 58.4 Å². The molecule has 3 aliphatic heterocycles. The largest absolute Gasteiger partial charge is 0.371 e. The molecule has 4 heterocycles. The molecule has 7 rings (SSSR count). The fourth-order valence-corrected chi connectivity index (χ4v) is 8.30. The lowest BCUT2D eigenvalue weighted by atomic mass is 9.91. The van der Waals surface area contributed by atoms with Crippen LogP contribution in [-0.4, -0.2) is 59.5 Å². The average molecular weight is 489 g/mol. The van der Waals surface area contributed by atoms with Crippen LogP contribution in [0.5, 0.6) is 0 Å². The Kier molecular flexibility index (Phi) is 4.62. The summed E-state index contributed by atoms with van der Waals surface area (Å²) in [6, 6.07) is 13.1. The molecule has 1 aromatic heterocycles. The summed E-state index contributed by atoms with van der Waals surface area (Å²) in [4.78, 5) is 22.9. The highest BCUT2D eigenvalue weighted by Gasteiger charge is 2.45. The quantitative estimate of drug-likeness (QED) is 0.449. The Bertz CT molecular complexity index is 1410. The molecule has 0 spiro atoms. The number of carbonyl (C=O) groups excluding carboxylic acids is 1. The summed E-state index contributed by atoms with van der Waals surface area (Å²) in [5.41, 5.74) is 7.22. The van der Waals surface area contributed by atoms with Crippen molar-refractivity contribution in [2.45, 2.75) is 55.8 Å². The molecule has 1 amide bonds. The number of benzene rings is 2. The molecule has 0 N–H and O–H groups in total. The maximum atomic E-state index is 13.5. The fraction of sp³-hybridized carbons (Fsp3) is 0.500. The van der Waals surface area contributed by atoms with Crippen molar-refractivity contribution in [3.63, 3.8) is 0 Å². The van der Waals surface area contributed by atoms with Crippen molar-refractivity contribution >= 4 is 29.8 Å². The van der Waals surface area contributed by atoms with E-state index in [1.807, 2.05) is 31.3 Å². The molecule has 182 valence electrons. The predicted octanol–water partition coefficient (Wildman–Crippen LogP) is 5.63. The second-order valence-corrected chi connectivity index (χ2v) is 15.0. The average Bonchev–Trinajstić information content (AvgIpc) is 3.56. The number of carbonyl (C=O) groups is 1. The van der Waals surface area contributed by atoms with Crippen molar-refractivity contribution < 1.29 is 9.36 Å². The number of hydrogen-bond donors (Lipinski definition) is 0. The van der Waals surface area contributed by atoms with E-state index in [0.717, 1.165) is 49.3 Å². The number of nitrogens with zero attached hydrogens (tertiary/aromatic N) is 4.